The van der Waals surface area contributed by atoms with E-state index in [2.05, 4.69) is 5.32 Å². The molecule has 0 bridgehead atoms. The summed E-state index contributed by atoms with van der Waals surface area (Å²) in [6, 6.07) is 5.54. The summed E-state index contributed by atoms with van der Waals surface area (Å²) in [5.74, 6) is 0.719. The molecular weight excluding hydrogens is 314 g/mol. The Balaban J connectivity index is 2.54. The Morgan fingerprint density at radius 3 is 2.71 bits per heavy atom. The first-order valence-electron chi connectivity index (χ1n) is 6.71. The maximum atomic E-state index is 11.1. The Morgan fingerprint density at radius 1 is 1.29 bits per heavy atom. The predicted molar refractivity (Wildman–Crippen MR) is 84.9 cm³/mol. The van der Waals surface area contributed by atoms with E-state index in [-0.39, 0.29) is 5.75 Å². The maximum Gasteiger partial charge on any atom is 0.147 e. The monoisotopic (exact) mass is 335 g/mol. The molecule has 1 rings (SSSR count). The predicted octanol–water partition coefficient (Wildman–Crippen LogP) is 1.89. The topological polar surface area (TPSA) is 64.6 Å². The summed E-state index contributed by atoms with van der Waals surface area (Å²) in [6.45, 7) is 2.30. The first kappa shape index (κ1) is 18.2. The van der Waals surface area contributed by atoms with Gasteiger partial charge < -0.3 is 14.8 Å². The molecular formula is C14H22ClNO4S. The van der Waals surface area contributed by atoms with Gasteiger partial charge in [-0.1, -0.05) is 23.7 Å². The van der Waals surface area contributed by atoms with E-state index in [9.17, 15) is 8.42 Å². The van der Waals surface area contributed by atoms with Crippen LogP contribution in [0.4, 0.5) is 0 Å². The molecule has 5 nitrogen and oxygen atoms in total. The van der Waals surface area contributed by atoms with E-state index in [4.69, 9.17) is 21.1 Å². The zero-order valence-electron chi connectivity index (χ0n) is 12.4. The summed E-state index contributed by atoms with van der Waals surface area (Å²) in [5, 5.41) is 3.75. The molecule has 0 heterocycles. The molecule has 21 heavy (non-hydrogen) atoms. The highest BCUT2D eigenvalue weighted by Gasteiger charge is 2.09. The third-order valence-corrected chi connectivity index (χ3v) is 4.08. The molecule has 0 saturated heterocycles. The number of halogens is 1. The molecule has 0 aliphatic rings. The minimum absolute atomic E-state index is 0.110. The number of hydrogen-bond donors (Lipinski definition) is 1. The molecule has 1 aromatic rings. The van der Waals surface area contributed by atoms with Crippen LogP contribution >= 0.6 is 11.6 Å². The molecule has 120 valence electrons. The Kier molecular flexibility index (Phi) is 8.03. The van der Waals surface area contributed by atoms with Crippen molar-refractivity contribution in [2.45, 2.75) is 13.0 Å². The first-order chi connectivity index (χ1) is 9.94. The van der Waals surface area contributed by atoms with Crippen LogP contribution in [-0.2, 0) is 21.1 Å². The highest BCUT2D eigenvalue weighted by Crippen LogP contribution is 2.28. The Labute approximate surface area is 131 Å². The minimum Gasteiger partial charge on any atom is -0.492 e. The van der Waals surface area contributed by atoms with Gasteiger partial charge in [0, 0.05) is 32.0 Å². The standard InChI is InChI=1S/C14H22ClNO4S/c1-19-9-7-16-11-12-5-3-6-13(15)14(12)20-8-4-10-21(2,17)18/h3,5-6,16H,4,7-11H2,1-2H3. The van der Waals surface area contributed by atoms with E-state index in [0.29, 0.717) is 37.0 Å². The fraction of sp³-hybridized carbons (Fsp3) is 0.571. The van der Waals surface area contributed by atoms with Crippen molar-refractivity contribution in [1.29, 1.82) is 0 Å². The number of benzene rings is 1. The number of para-hydroxylation sites is 1. The first-order valence-corrected chi connectivity index (χ1v) is 9.15. The maximum absolute atomic E-state index is 11.1. The quantitative estimate of drug-likeness (QED) is 0.661. The summed E-state index contributed by atoms with van der Waals surface area (Å²) >= 11 is 6.14. The molecule has 1 aromatic carbocycles. The second kappa shape index (κ2) is 9.25. The molecule has 0 atom stereocenters. The van der Waals surface area contributed by atoms with E-state index in [1.165, 1.54) is 6.26 Å². The van der Waals surface area contributed by atoms with Crippen molar-refractivity contribution in [3.63, 3.8) is 0 Å². The zero-order valence-corrected chi connectivity index (χ0v) is 14.0. The van der Waals surface area contributed by atoms with Crippen LogP contribution in [-0.4, -0.2) is 47.3 Å². The Hall–Kier alpha value is -0.820. The normalized spacial score (nSPS) is 11.6. The molecule has 0 spiro atoms. The number of rotatable bonds is 10. The van der Waals surface area contributed by atoms with E-state index in [1.807, 2.05) is 12.1 Å². The molecule has 0 aliphatic carbocycles. The van der Waals surface area contributed by atoms with Gasteiger partial charge in [-0.3, -0.25) is 0 Å². The van der Waals surface area contributed by atoms with Crippen molar-refractivity contribution in [3.8, 4) is 5.75 Å². The van der Waals surface area contributed by atoms with Crippen molar-refractivity contribution in [2.75, 3.05) is 38.9 Å². The van der Waals surface area contributed by atoms with Gasteiger partial charge in [-0.25, -0.2) is 8.42 Å². The molecule has 0 radical (unpaired) electrons. The molecule has 0 amide bonds. The van der Waals surface area contributed by atoms with Gasteiger partial charge in [0.25, 0.3) is 0 Å². The lowest BCUT2D eigenvalue weighted by Crippen LogP contribution is -2.19. The molecule has 0 unspecified atom stereocenters. The van der Waals surface area contributed by atoms with E-state index in [0.717, 1.165) is 12.1 Å². The van der Waals surface area contributed by atoms with Crippen LogP contribution in [0.1, 0.15) is 12.0 Å². The minimum atomic E-state index is -2.96. The smallest absolute Gasteiger partial charge is 0.147 e. The molecule has 7 heteroatoms. The van der Waals surface area contributed by atoms with Crippen molar-refractivity contribution in [2.24, 2.45) is 0 Å². The lowest BCUT2D eigenvalue weighted by Gasteiger charge is -2.13. The fourth-order valence-corrected chi connectivity index (χ4v) is 2.64. The molecule has 0 aliphatic heterocycles. The van der Waals surface area contributed by atoms with Gasteiger partial charge in [-0.15, -0.1) is 0 Å². The van der Waals surface area contributed by atoms with Crippen LogP contribution in [0.3, 0.4) is 0 Å². The zero-order chi connectivity index (χ0) is 15.7. The van der Waals surface area contributed by atoms with Crippen LogP contribution in [0.25, 0.3) is 0 Å². The van der Waals surface area contributed by atoms with Crippen LogP contribution in [0.15, 0.2) is 18.2 Å². The van der Waals surface area contributed by atoms with Crippen molar-refractivity contribution >= 4 is 21.4 Å². The van der Waals surface area contributed by atoms with E-state index < -0.39 is 9.84 Å². The second-order valence-corrected chi connectivity index (χ2v) is 7.40. The molecule has 0 aromatic heterocycles. The lowest BCUT2D eigenvalue weighted by atomic mass is 10.2. The second-order valence-electron chi connectivity index (χ2n) is 4.73. The van der Waals surface area contributed by atoms with Gasteiger partial charge >= 0.3 is 0 Å². The van der Waals surface area contributed by atoms with Crippen LogP contribution in [0, 0.1) is 0 Å². The molecule has 0 saturated carbocycles. The van der Waals surface area contributed by atoms with Crippen LogP contribution in [0.2, 0.25) is 5.02 Å². The fourth-order valence-electron chi connectivity index (χ4n) is 1.75. The number of methoxy groups -OCH3 is 1. The summed E-state index contributed by atoms with van der Waals surface area (Å²) in [7, 11) is -1.31. The number of hydrogen-bond acceptors (Lipinski definition) is 5. The lowest BCUT2D eigenvalue weighted by molar-refractivity contribution is 0.199. The Morgan fingerprint density at radius 2 is 2.05 bits per heavy atom. The van der Waals surface area contributed by atoms with Crippen molar-refractivity contribution in [3.05, 3.63) is 28.8 Å². The number of sulfone groups is 1. The van der Waals surface area contributed by atoms with Gasteiger partial charge in [-0.2, -0.15) is 0 Å². The average Bonchev–Trinajstić information content (AvgIpc) is 2.40. The summed E-state index contributed by atoms with van der Waals surface area (Å²) < 4.78 is 32.8. The third-order valence-electron chi connectivity index (χ3n) is 2.75. The number of ether oxygens (including phenoxy) is 2. The van der Waals surface area contributed by atoms with Crippen molar-refractivity contribution in [1.82, 2.24) is 5.32 Å². The molecule has 1 N–H and O–H groups in total. The number of nitrogens with one attached hydrogen (secondary N) is 1. The summed E-state index contributed by atoms with van der Waals surface area (Å²) in [5.41, 5.74) is 0.943. The van der Waals surface area contributed by atoms with E-state index >= 15 is 0 Å². The van der Waals surface area contributed by atoms with Crippen molar-refractivity contribution < 1.29 is 17.9 Å². The largest absolute Gasteiger partial charge is 0.492 e. The summed E-state index contributed by atoms with van der Waals surface area (Å²) in [6.07, 6.45) is 1.66. The Bertz CT molecular complexity index is 534. The molecule has 0 fully saturated rings. The summed E-state index contributed by atoms with van der Waals surface area (Å²) in [4.78, 5) is 0. The highest BCUT2D eigenvalue weighted by atomic mass is 35.5. The van der Waals surface area contributed by atoms with Gasteiger partial charge in [0.05, 0.1) is 24.0 Å². The van der Waals surface area contributed by atoms with Crippen LogP contribution < -0.4 is 10.1 Å². The SMILES string of the molecule is COCCNCc1cccc(Cl)c1OCCCS(C)(=O)=O. The van der Waals surface area contributed by atoms with Gasteiger partial charge in [0.1, 0.15) is 15.6 Å². The average molecular weight is 336 g/mol. The van der Waals surface area contributed by atoms with Gasteiger partial charge in [0.15, 0.2) is 0 Å². The van der Waals surface area contributed by atoms with Gasteiger partial charge in [0.2, 0.25) is 0 Å². The van der Waals surface area contributed by atoms with Crippen LogP contribution in [0.5, 0.6) is 5.75 Å². The van der Waals surface area contributed by atoms with E-state index in [1.54, 1.807) is 13.2 Å². The van der Waals surface area contributed by atoms with Gasteiger partial charge in [-0.05, 0) is 12.5 Å². The third kappa shape index (κ3) is 7.66. The highest BCUT2D eigenvalue weighted by molar-refractivity contribution is 7.90.